The second-order valence-corrected chi connectivity index (χ2v) is 7.61. The lowest BCUT2D eigenvalue weighted by molar-refractivity contribution is 0.0518. The minimum Gasteiger partial charge on any atom is -0.444 e. The summed E-state index contributed by atoms with van der Waals surface area (Å²) in [4.78, 5) is 16.1. The van der Waals surface area contributed by atoms with Crippen molar-refractivity contribution in [1.29, 1.82) is 0 Å². The van der Waals surface area contributed by atoms with Crippen molar-refractivity contribution in [3.05, 3.63) is 16.6 Å². The largest absolute Gasteiger partial charge is 0.444 e. The number of nitrogens with one attached hydrogen (secondary N) is 2. The van der Waals surface area contributed by atoms with Gasteiger partial charge < -0.3 is 15.4 Å². The van der Waals surface area contributed by atoms with Crippen LogP contribution in [0.2, 0.25) is 0 Å². The molecule has 1 atom stereocenters. The zero-order chi connectivity index (χ0) is 16.0. The van der Waals surface area contributed by atoms with E-state index in [1.165, 1.54) is 25.7 Å². The number of ether oxygens (including phenoxy) is 1. The van der Waals surface area contributed by atoms with Gasteiger partial charge in [0.25, 0.3) is 0 Å². The minimum atomic E-state index is -0.457. The summed E-state index contributed by atoms with van der Waals surface area (Å²) in [6.07, 6.45) is 4.68. The maximum absolute atomic E-state index is 11.8. The molecule has 1 aromatic rings. The number of hydrogen-bond acceptors (Lipinski definition) is 5. The highest BCUT2D eigenvalue weighted by atomic mass is 32.1. The van der Waals surface area contributed by atoms with Crippen LogP contribution in [0.1, 0.15) is 52.1 Å². The summed E-state index contributed by atoms with van der Waals surface area (Å²) in [5.41, 5.74) is 2.45. The Morgan fingerprint density at radius 1 is 1.45 bits per heavy atom. The van der Waals surface area contributed by atoms with E-state index in [2.05, 4.69) is 21.0 Å². The number of alkyl carbamates (subject to hydrolysis) is 1. The summed E-state index contributed by atoms with van der Waals surface area (Å²) < 4.78 is 5.31. The number of nitrogens with zero attached hydrogens (tertiary/aromatic N) is 1. The Morgan fingerprint density at radius 2 is 2.18 bits per heavy atom. The fourth-order valence-electron chi connectivity index (χ4n) is 2.83. The molecule has 1 unspecified atom stereocenters. The molecule has 0 saturated heterocycles. The molecule has 0 spiro atoms. The van der Waals surface area contributed by atoms with Crippen molar-refractivity contribution in [2.24, 2.45) is 5.92 Å². The van der Waals surface area contributed by atoms with Gasteiger partial charge >= 0.3 is 6.09 Å². The molecule has 1 saturated carbocycles. The average Bonchev–Trinajstić information content (AvgIpc) is 3.09. The van der Waals surface area contributed by atoms with Gasteiger partial charge in [0.2, 0.25) is 0 Å². The van der Waals surface area contributed by atoms with E-state index in [1.54, 1.807) is 11.3 Å². The zero-order valence-corrected chi connectivity index (χ0v) is 14.5. The predicted octanol–water partition coefficient (Wildman–Crippen LogP) is 3.32. The predicted molar refractivity (Wildman–Crippen MR) is 88.9 cm³/mol. The van der Waals surface area contributed by atoms with Crippen LogP contribution >= 0.6 is 11.3 Å². The third-order valence-corrected chi connectivity index (χ3v) is 4.50. The van der Waals surface area contributed by atoms with Gasteiger partial charge in [0.05, 0.1) is 11.2 Å². The van der Waals surface area contributed by atoms with E-state index in [0.29, 0.717) is 12.5 Å². The lowest BCUT2D eigenvalue weighted by Gasteiger charge is -2.26. The lowest BCUT2D eigenvalue weighted by Crippen LogP contribution is -2.45. The molecule has 1 aliphatic rings. The molecule has 1 aromatic heterocycles. The van der Waals surface area contributed by atoms with Crippen LogP contribution in [-0.2, 0) is 11.3 Å². The van der Waals surface area contributed by atoms with Crippen LogP contribution in [0.4, 0.5) is 4.79 Å². The Kier molecular flexibility index (Phi) is 6.20. The van der Waals surface area contributed by atoms with Gasteiger partial charge in [0, 0.05) is 24.5 Å². The Labute approximate surface area is 136 Å². The van der Waals surface area contributed by atoms with Crippen LogP contribution in [0, 0.1) is 5.92 Å². The molecule has 1 amide bonds. The molecule has 2 rings (SSSR count). The molecular weight excluding hydrogens is 298 g/mol. The van der Waals surface area contributed by atoms with Gasteiger partial charge in [-0.3, -0.25) is 0 Å². The molecule has 6 heteroatoms. The Balaban J connectivity index is 1.83. The molecule has 1 fully saturated rings. The molecule has 2 N–H and O–H groups in total. The molecule has 0 aromatic carbocycles. The van der Waals surface area contributed by atoms with E-state index in [4.69, 9.17) is 4.74 Å². The molecule has 0 radical (unpaired) electrons. The van der Waals surface area contributed by atoms with Crippen molar-refractivity contribution in [2.45, 2.75) is 64.6 Å². The first-order valence-electron chi connectivity index (χ1n) is 8.01. The van der Waals surface area contributed by atoms with Crippen LogP contribution in [-0.4, -0.2) is 29.3 Å². The monoisotopic (exact) mass is 325 g/mol. The number of carbonyl (C=O) groups excluding carboxylic acids is 1. The molecule has 5 nitrogen and oxygen atoms in total. The van der Waals surface area contributed by atoms with Crippen molar-refractivity contribution >= 4 is 17.4 Å². The van der Waals surface area contributed by atoms with E-state index < -0.39 is 5.60 Å². The minimum absolute atomic E-state index is 0.275. The quantitative estimate of drug-likeness (QED) is 0.842. The van der Waals surface area contributed by atoms with E-state index in [9.17, 15) is 4.79 Å². The van der Waals surface area contributed by atoms with E-state index >= 15 is 0 Å². The Morgan fingerprint density at radius 3 is 2.77 bits per heavy atom. The van der Waals surface area contributed by atoms with Crippen LogP contribution in [0.15, 0.2) is 10.9 Å². The van der Waals surface area contributed by atoms with Crippen LogP contribution in [0.25, 0.3) is 0 Å². The fraction of sp³-hybridized carbons (Fsp3) is 0.750. The molecular formula is C16H27N3O2S. The SMILES string of the molecule is CC(C)(C)OC(=O)NCC(NCc1cscn1)C1CCCC1. The summed E-state index contributed by atoms with van der Waals surface area (Å²) >= 11 is 1.61. The molecule has 0 aliphatic heterocycles. The van der Waals surface area contributed by atoms with Gasteiger partial charge in [-0.05, 0) is 39.5 Å². The summed E-state index contributed by atoms with van der Waals surface area (Å²) in [6, 6.07) is 0.275. The highest BCUT2D eigenvalue weighted by Crippen LogP contribution is 2.27. The van der Waals surface area contributed by atoms with E-state index in [0.717, 1.165) is 12.2 Å². The van der Waals surface area contributed by atoms with Gasteiger partial charge in [-0.2, -0.15) is 0 Å². The van der Waals surface area contributed by atoms with E-state index in [-0.39, 0.29) is 12.1 Å². The highest BCUT2D eigenvalue weighted by Gasteiger charge is 2.26. The standard InChI is InChI=1S/C16H27N3O2S/c1-16(2,3)21-15(20)18-9-14(12-6-4-5-7-12)17-8-13-10-22-11-19-13/h10-12,14,17H,4-9H2,1-3H3,(H,18,20). The maximum atomic E-state index is 11.8. The fourth-order valence-corrected chi connectivity index (χ4v) is 3.39. The topological polar surface area (TPSA) is 63.2 Å². The van der Waals surface area contributed by atoms with Crippen LogP contribution in [0.5, 0.6) is 0 Å². The maximum Gasteiger partial charge on any atom is 0.407 e. The van der Waals surface area contributed by atoms with Crippen molar-refractivity contribution in [1.82, 2.24) is 15.6 Å². The Bertz CT molecular complexity index is 450. The summed E-state index contributed by atoms with van der Waals surface area (Å²) in [5.74, 6) is 0.619. The second-order valence-electron chi connectivity index (χ2n) is 6.89. The average molecular weight is 325 g/mol. The molecule has 124 valence electrons. The van der Waals surface area contributed by atoms with Gasteiger partial charge in [-0.1, -0.05) is 12.8 Å². The van der Waals surface area contributed by atoms with Crippen molar-refractivity contribution in [2.75, 3.05) is 6.54 Å². The number of carbonyl (C=O) groups is 1. The molecule has 22 heavy (non-hydrogen) atoms. The summed E-state index contributed by atoms with van der Waals surface area (Å²) in [6.45, 7) is 6.98. The van der Waals surface area contributed by atoms with Gasteiger partial charge in [0.1, 0.15) is 5.60 Å². The van der Waals surface area contributed by atoms with Gasteiger partial charge in [-0.25, -0.2) is 9.78 Å². The van der Waals surface area contributed by atoms with Gasteiger partial charge in [0.15, 0.2) is 0 Å². The first-order valence-corrected chi connectivity index (χ1v) is 8.95. The highest BCUT2D eigenvalue weighted by molar-refractivity contribution is 7.07. The van der Waals surface area contributed by atoms with Crippen molar-refractivity contribution in [3.8, 4) is 0 Å². The number of amides is 1. The zero-order valence-electron chi connectivity index (χ0n) is 13.7. The summed E-state index contributed by atoms with van der Waals surface area (Å²) in [5, 5.41) is 8.52. The van der Waals surface area contributed by atoms with Crippen molar-refractivity contribution in [3.63, 3.8) is 0 Å². The lowest BCUT2D eigenvalue weighted by atomic mass is 9.98. The number of hydrogen-bond donors (Lipinski definition) is 2. The second kappa shape index (κ2) is 7.92. The van der Waals surface area contributed by atoms with Crippen LogP contribution < -0.4 is 10.6 Å². The first kappa shape index (κ1) is 17.2. The summed E-state index contributed by atoms with van der Waals surface area (Å²) in [7, 11) is 0. The van der Waals surface area contributed by atoms with Gasteiger partial charge in [-0.15, -0.1) is 11.3 Å². The Hall–Kier alpha value is -1.14. The smallest absolute Gasteiger partial charge is 0.407 e. The third kappa shape index (κ3) is 5.93. The molecule has 1 aliphatic carbocycles. The number of aromatic nitrogens is 1. The number of thiazole rings is 1. The normalized spacial score (nSPS) is 17.4. The molecule has 1 heterocycles. The number of rotatable bonds is 6. The molecule has 0 bridgehead atoms. The first-order chi connectivity index (χ1) is 10.4. The van der Waals surface area contributed by atoms with Crippen LogP contribution in [0.3, 0.4) is 0 Å². The van der Waals surface area contributed by atoms with Crippen molar-refractivity contribution < 1.29 is 9.53 Å². The van der Waals surface area contributed by atoms with E-state index in [1.807, 2.05) is 26.3 Å². The third-order valence-electron chi connectivity index (χ3n) is 3.86.